The third-order valence-electron chi connectivity index (χ3n) is 3.39. The maximum absolute atomic E-state index is 12.6. The lowest BCUT2D eigenvalue weighted by Crippen LogP contribution is -2.53. The number of thiophene rings is 1. The number of halogens is 3. The summed E-state index contributed by atoms with van der Waals surface area (Å²) in [5, 5.41) is 9.55. The lowest BCUT2D eigenvalue weighted by Gasteiger charge is -2.38. The van der Waals surface area contributed by atoms with Gasteiger partial charge in [0.15, 0.2) is 5.60 Å². The van der Waals surface area contributed by atoms with E-state index in [1.807, 2.05) is 24.0 Å². The van der Waals surface area contributed by atoms with E-state index in [1.165, 1.54) is 4.88 Å². The number of likely N-dealkylation sites (tertiary alicyclic amines) is 1. The molecule has 1 aromatic rings. The van der Waals surface area contributed by atoms with Gasteiger partial charge in [0.05, 0.1) is 0 Å². The van der Waals surface area contributed by atoms with Crippen molar-refractivity contribution in [2.75, 3.05) is 13.1 Å². The highest BCUT2D eigenvalue weighted by molar-refractivity contribution is 7.11. The van der Waals surface area contributed by atoms with Gasteiger partial charge in [-0.15, -0.1) is 11.3 Å². The van der Waals surface area contributed by atoms with Crippen LogP contribution in [0.1, 0.15) is 22.6 Å². The molecule has 1 aromatic heterocycles. The highest BCUT2D eigenvalue weighted by Gasteiger charge is 2.54. The van der Waals surface area contributed by atoms with Gasteiger partial charge in [0.25, 0.3) is 0 Å². The Balaban J connectivity index is 1.91. The first kappa shape index (κ1) is 13.8. The molecule has 0 unspecified atom stereocenters. The minimum atomic E-state index is -4.52. The van der Waals surface area contributed by atoms with Gasteiger partial charge in [-0.3, -0.25) is 4.90 Å². The van der Waals surface area contributed by atoms with Crippen LogP contribution >= 0.6 is 11.3 Å². The molecule has 0 aromatic carbocycles. The van der Waals surface area contributed by atoms with Crippen molar-refractivity contribution in [3.8, 4) is 0 Å². The summed E-state index contributed by atoms with van der Waals surface area (Å²) >= 11 is 1.66. The molecule has 1 fully saturated rings. The minimum absolute atomic E-state index is 0.235. The highest BCUT2D eigenvalue weighted by Crippen LogP contribution is 2.38. The Morgan fingerprint density at radius 1 is 1.33 bits per heavy atom. The number of piperidine rings is 1. The second kappa shape index (κ2) is 4.83. The normalized spacial score (nSPS) is 21.2. The van der Waals surface area contributed by atoms with Gasteiger partial charge in [-0.2, -0.15) is 13.2 Å². The Kier molecular flexibility index (Phi) is 3.71. The zero-order valence-corrected chi connectivity index (χ0v) is 10.9. The monoisotopic (exact) mass is 279 g/mol. The molecule has 1 aliphatic rings. The molecule has 1 aliphatic heterocycles. The van der Waals surface area contributed by atoms with E-state index in [0.717, 1.165) is 4.88 Å². The Labute approximate surface area is 108 Å². The third kappa shape index (κ3) is 2.87. The number of nitrogens with zero attached hydrogens (tertiary/aromatic N) is 1. The summed E-state index contributed by atoms with van der Waals surface area (Å²) in [6, 6.07) is 4.01. The Hall–Kier alpha value is -0.590. The van der Waals surface area contributed by atoms with Crippen molar-refractivity contribution in [2.24, 2.45) is 0 Å². The van der Waals surface area contributed by atoms with Crippen LogP contribution in [0, 0.1) is 6.92 Å². The fraction of sp³-hybridized carbons (Fsp3) is 0.667. The lowest BCUT2D eigenvalue weighted by molar-refractivity contribution is -0.272. The molecular formula is C12H16F3NOS. The van der Waals surface area contributed by atoms with Gasteiger partial charge < -0.3 is 5.11 Å². The molecule has 1 N–H and O–H groups in total. The van der Waals surface area contributed by atoms with E-state index in [1.54, 1.807) is 11.3 Å². The van der Waals surface area contributed by atoms with Crippen LogP contribution in [-0.4, -0.2) is 34.9 Å². The summed E-state index contributed by atoms with van der Waals surface area (Å²) in [5.74, 6) is 0. The van der Waals surface area contributed by atoms with Crippen LogP contribution in [0.15, 0.2) is 12.1 Å². The van der Waals surface area contributed by atoms with Crippen molar-refractivity contribution < 1.29 is 18.3 Å². The fourth-order valence-electron chi connectivity index (χ4n) is 2.16. The number of rotatable bonds is 2. The second-order valence-corrected chi connectivity index (χ2v) is 6.19. The van der Waals surface area contributed by atoms with Crippen molar-refractivity contribution in [1.82, 2.24) is 4.90 Å². The third-order valence-corrected chi connectivity index (χ3v) is 4.37. The maximum atomic E-state index is 12.6. The van der Waals surface area contributed by atoms with E-state index in [9.17, 15) is 18.3 Å². The summed E-state index contributed by atoms with van der Waals surface area (Å²) in [6.07, 6.45) is -4.99. The average Bonchev–Trinajstić information content (AvgIpc) is 2.66. The first-order valence-electron chi connectivity index (χ1n) is 5.87. The fourth-order valence-corrected chi connectivity index (χ4v) is 3.09. The largest absolute Gasteiger partial charge is 0.417 e. The second-order valence-electron chi connectivity index (χ2n) is 4.82. The molecule has 102 valence electrons. The van der Waals surface area contributed by atoms with Gasteiger partial charge in [-0.05, 0) is 31.9 Å². The van der Waals surface area contributed by atoms with Gasteiger partial charge in [0.2, 0.25) is 0 Å². The molecule has 18 heavy (non-hydrogen) atoms. The van der Waals surface area contributed by atoms with Crippen LogP contribution in [0.3, 0.4) is 0 Å². The minimum Gasteiger partial charge on any atom is -0.380 e. The van der Waals surface area contributed by atoms with Crippen LogP contribution < -0.4 is 0 Å². The predicted octanol–water partition coefficient (Wildman–Crippen LogP) is 2.95. The van der Waals surface area contributed by atoms with Crippen molar-refractivity contribution in [3.05, 3.63) is 21.9 Å². The van der Waals surface area contributed by atoms with E-state index in [-0.39, 0.29) is 25.9 Å². The quantitative estimate of drug-likeness (QED) is 0.899. The average molecular weight is 279 g/mol. The Bertz CT molecular complexity index is 408. The maximum Gasteiger partial charge on any atom is 0.417 e. The molecule has 1 saturated heterocycles. The molecule has 0 spiro atoms. The SMILES string of the molecule is Cc1ccc(CN2CCC(O)(C(F)(F)F)CC2)s1. The van der Waals surface area contributed by atoms with Crippen LogP contribution in [0.4, 0.5) is 13.2 Å². The zero-order chi connectivity index (χ0) is 13.4. The molecule has 0 atom stereocenters. The standard InChI is InChI=1S/C12H16F3NOS/c1-9-2-3-10(18-9)8-16-6-4-11(17,5-7-16)12(13,14)15/h2-3,17H,4-8H2,1H3. The topological polar surface area (TPSA) is 23.5 Å². The highest BCUT2D eigenvalue weighted by atomic mass is 32.1. The molecule has 0 aliphatic carbocycles. The van der Waals surface area contributed by atoms with Crippen LogP contribution in [0.25, 0.3) is 0 Å². The van der Waals surface area contributed by atoms with Crippen LogP contribution in [0.5, 0.6) is 0 Å². The van der Waals surface area contributed by atoms with Gasteiger partial charge in [0.1, 0.15) is 0 Å². The summed E-state index contributed by atoms with van der Waals surface area (Å²) in [7, 11) is 0. The van der Waals surface area contributed by atoms with E-state index in [0.29, 0.717) is 6.54 Å². The number of aryl methyl sites for hydroxylation is 1. The molecule has 2 rings (SSSR count). The molecule has 2 nitrogen and oxygen atoms in total. The van der Waals surface area contributed by atoms with Crippen LogP contribution in [0.2, 0.25) is 0 Å². The van der Waals surface area contributed by atoms with E-state index in [4.69, 9.17) is 0 Å². The molecule has 2 heterocycles. The summed E-state index contributed by atoms with van der Waals surface area (Å²) < 4.78 is 37.8. The summed E-state index contributed by atoms with van der Waals surface area (Å²) in [4.78, 5) is 4.32. The first-order valence-corrected chi connectivity index (χ1v) is 6.69. The van der Waals surface area contributed by atoms with E-state index >= 15 is 0 Å². The Morgan fingerprint density at radius 3 is 2.39 bits per heavy atom. The number of aliphatic hydroxyl groups is 1. The molecule has 0 saturated carbocycles. The Morgan fingerprint density at radius 2 is 1.94 bits per heavy atom. The number of hydrogen-bond acceptors (Lipinski definition) is 3. The zero-order valence-electron chi connectivity index (χ0n) is 10.1. The van der Waals surface area contributed by atoms with E-state index < -0.39 is 11.8 Å². The summed E-state index contributed by atoms with van der Waals surface area (Å²) in [5.41, 5.74) is -2.49. The number of alkyl halides is 3. The van der Waals surface area contributed by atoms with Gasteiger partial charge in [0, 0.05) is 29.4 Å². The van der Waals surface area contributed by atoms with Crippen molar-refractivity contribution in [1.29, 1.82) is 0 Å². The molecule has 0 radical (unpaired) electrons. The molecule has 0 amide bonds. The molecule has 6 heteroatoms. The first-order chi connectivity index (χ1) is 8.30. The predicted molar refractivity (Wildman–Crippen MR) is 64.6 cm³/mol. The smallest absolute Gasteiger partial charge is 0.380 e. The van der Waals surface area contributed by atoms with Crippen LogP contribution in [-0.2, 0) is 6.54 Å². The van der Waals surface area contributed by atoms with Crippen molar-refractivity contribution in [3.63, 3.8) is 0 Å². The lowest BCUT2D eigenvalue weighted by atomic mass is 9.91. The summed E-state index contributed by atoms with van der Waals surface area (Å²) in [6.45, 7) is 3.25. The van der Waals surface area contributed by atoms with Gasteiger partial charge >= 0.3 is 6.18 Å². The molecule has 0 bridgehead atoms. The van der Waals surface area contributed by atoms with E-state index in [2.05, 4.69) is 0 Å². The van der Waals surface area contributed by atoms with Gasteiger partial charge in [-0.25, -0.2) is 0 Å². The molecular weight excluding hydrogens is 263 g/mol. The van der Waals surface area contributed by atoms with Gasteiger partial charge in [-0.1, -0.05) is 0 Å². The van der Waals surface area contributed by atoms with Crippen molar-refractivity contribution >= 4 is 11.3 Å². The van der Waals surface area contributed by atoms with Crippen molar-refractivity contribution in [2.45, 2.75) is 38.1 Å². The number of hydrogen-bond donors (Lipinski definition) is 1.